The second-order valence-corrected chi connectivity index (χ2v) is 6.22. The van der Waals surface area contributed by atoms with Crippen LogP contribution >= 0.6 is 15.9 Å². The molecule has 2 N–H and O–H groups in total. The third kappa shape index (κ3) is 5.38. The molecule has 0 saturated carbocycles. The van der Waals surface area contributed by atoms with E-state index in [-0.39, 0.29) is 13.0 Å². The summed E-state index contributed by atoms with van der Waals surface area (Å²) < 4.78 is 6.02. The van der Waals surface area contributed by atoms with Crippen molar-refractivity contribution in [2.75, 3.05) is 0 Å². The van der Waals surface area contributed by atoms with Crippen LogP contribution < -0.4 is 5.32 Å². The standard InChI is InChI=1S/C18H18BrNO4/c1-12-7-8-14(9-15(12)19)16(10-17(21)22)20-18(23)24-11-13-5-3-2-4-6-13/h2-9,16H,10-11H2,1H3,(H,20,23)(H,21,22)/t16-/m1/s1. The van der Waals surface area contributed by atoms with Gasteiger partial charge in [-0.1, -0.05) is 58.4 Å². The van der Waals surface area contributed by atoms with E-state index in [1.807, 2.05) is 43.3 Å². The van der Waals surface area contributed by atoms with Gasteiger partial charge in [-0.2, -0.15) is 0 Å². The number of nitrogens with one attached hydrogen (secondary N) is 1. The molecule has 0 aliphatic rings. The number of carboxylic acids is 1. The van der Waals surface area contributed by atoms with Crippen LogP contribution in [0.15, 0.2) is 53.0 Å². The molecule has 2 aromatic carbocycles. The van der Waals surface area contributed by atoms with Gasteiger partial charge in [0.05, 0.1) is 12.5 Å². The molecule has 5 nitrogen and oxygen atoms in total. The van der Waals surface area contributed by atoms with Crippen molar-refractivity contribution < 1.29 is 19.4 Å². The van der Waals surface area contributed by atoms with Gasteiger partial charge < -0.3 is 15.2 Å². The largest absolute Gasteiger partial charge is 0.481 e. The number of carbonyl (C=O) groups excluding carboxylic acids is 1. The van der Waals surface area contributed by atoms with Crippen LogP contribution in [0.5, 0.6) is 0 Å². The van der Waals surface area contributed by atoms with E-state index in [0.29, 0.717) is 5.56 Å². The number of hydrogen-bond donors (Lipinski definition) is 2. The quantitative estimate of drug-likeness (QED) is 0.773. The first-order valence-electron chi connectivity index (χ1n) is 7.41. The maximum absolute atomic E-state index is 12.0. The molecular formula is C18H18BrNO4. The van der Waals surface area contributed by atoms with Crippen LogP contribution in [-0.2, 0) is 16.1 Å². The van der Waals surface area contributed by atoms with Crippen molar-refractivity contribution >= 4 is 28.0 Å². The van der Waals surface area contributed by atoms with E-state index in [9.17, 15) is 9.59 Å². The summed E-state index contributed by atoms with van der Waals surface area (Å²) in [4.78, 5) is 23.1. The summed E-state index contributed by atoms with van der Waals surface area (Å²) in [5.41, 5.74) is 2.59. The Kier molecular flexibility index (Phi) is 6.37. The van der Waals surface area contributed by atoms with E-state index < -0.39 is 18.1 Å². The molecule has 0 fully saturated rings. The Morgan fingerprint density at radius 1 is 1.21 bits per heavy atom. The summed E-state index contributed by atoms with van der Waals surface area (Å²) in [7, 11) is 0. The zero-order chi connectivity index (χ0) is 17.5. The lowest BCUT2D eigenvalue weighted by Crippen LogP contribution is -2.30. The predicted molar refractivity (Wildman–Crippen MR) is 93.6 cm³/mol. The number of hydrogen-bond acceptors (Lipinski definition) is 3. The molecule has 0 aliphatic carbocycles. The molecule has 0 saturated heterocycles. The van der Waals surface area contributed by atoms with Crippen molar-refractivity contribution in [3.63, 3.8) is 0 Å². The summed E-state index contributed by atoms with van der Waals surface area (Å²) in [6, 6.07) is 14.1. The molecule has 1 amide bonds. The summed E-state index contributed by atoms with van der Waals surface area (Å²) in [6.45, 7) is 2.06. The number of ether oxygens (including phenoxy) is 1. The number of amides is 1. The number of aryl methyl sites for hydroxylation is 1. The molecule has 0 aromatic heterocycles. The first-order chi connectivity index (χ1) is 11.5. The summed E-state index contributed by atoms with van der Waals surface area (Å²) >= 11 is 3.42. The Hall–Kier alpha value is -2.34. The SMILES string of the molecule is Cc1ccc([C@@H](CC(=O)O)NC(=O)OCc2ccccc2)cc1Br. The number of aliphatic carboxylic acids is 1. The fraction of sp³-hybridized carbons (Fsp3) is 0.222. The Morgan fingerprint density at radius 2 is 1.92 bits per heavy atom. The molecule has 126 valence electrons. The minimum absolute atomic E-state index is 0.129. The van der Waals surface area contributed by atoms with Crippen LogP contribution in [0.4, 0.5) is 4.79 Å². The van der Waals surface area contributed by atoms with Gasteiger partial charge in [-0.25, -0.2) is 4.79 Å². The normalized spacial score (nSPS) is 11.6. The molecule has 2 rings (SSSR count). The van der Waals surface area contributed by atoms with Crippen LogP contribution in [0.2, 0.25) is 0 Å². The topological polar surface area (TPSA) is 75.6 Å². The Labute approximate surface area is 148 Å². The summed E-state index contributed by atoms with van der Waals surface area (Å²) in [6.07, 6.45) is -0.877. The van der Waals surface area contributed by atoms with E-state index in [0.717, 1.165) is 15.6 Å². The third-order valence-electron chi connectivity index (χ3n) is 3.48. The van der Waals surface area contributed by atoms with Crippen molar-refractivity contribution in [2.24, 2.45) is 0 Å². The second kappa shape index (κ2) is 8.49. The fourth-order valence-corrected chi connectivity index (χ4v) is 2.56. The smallest absolute Gasteiger partial charge is 0.407 e. The molecule has 0 radical (unpaired) electrons. The van der Waals surface area contributed by atoms with Gasteiger partial charge in [-0.15, -0.1) is 0 Å². The van der Waals surface area contributed by atoms with Crippen molar-refractivity contribution in [2.45, 2.75) is 26.0 Å². The average molecular weight is 392 g/mol. The second-order valence-electron chi connectivity index (χ2n) is 5.37. The Bertz CT molecular complexity index is 718. The first-order valence-corrected chi connectivity index (χ1v) is 8.20. The Balaban J connectivity index is 2.03. The highest BCUT2D eigenvalue weighted by atomic mass is 79.9. The van der Waals surface area contributed by atoms with Gasteiger partial charge in [0.1, 0.15) is 6.61 Å². The van der Waals surface area contributed by atoms with Crippen LogP contribution in [-0.4, -0.2) is 17.2 Å². The van der Waals surface area contributed by atoms with Crippen LogP contribution in [0.1, 0.15) is 29.2 Å². The molecule has 2 aromatic rings. The number of rotatable bonds is 6. The van der Waals surface area contributed by atoms with E-state index in [4.69, 9.17) is 9.84 Å². The Morgan fingerprint density at radius 3 is 2.54 bits per heavy atom. The molecule has 0 spiro atoms. The minimum Gasteiger partial charge on any atom is -0.481 e. The van der Waals surface area contributed by atoms with E-state index >= 15 is 0 Å². The zero-order valence-electron chi connectivity index (χ0n) is 13.2. The fourth-order valence-electron chi connectivity index (χ4n) is 2.16. The third-order valence-corrected chi connectivity index (χ3v) is 4.34. The molecule has 24 heavy (non-hydrogen) atoms. The highest BCUT2D eigenvalue weighted by molar-refractivity contribution is 9.10. The molecule has 0 bridgehead atoms. The molecule has 0 heterocycles. The number of benzene rings is 2. The van der Waals surface area contributed by atoms with Gasteiger partial charge in [-0.05, 0) is 29.7 Å². The van der Waals surface area contributed by atoms with Crippen LogP contribution in [0.25, 0.3) is 0 Å². The van der Waals surface area contributed by atoms with E-state index in [1.54, 1.807) is 12.1 Å². The number of halogens is 1. The lowest BCUT2D eigenvalue weighted by molar-refractivity contribution is -0.137. The van der Waals surface area contributed by atoms with Gasteiger partial charge in [0.15, 0.2) is 0 Å². The van der Waals surface area contributed by atoms with Crippen molar-refractivity contribution in [1.82, 2.24) is 5.32 Å². The monoisotopic (exact) mass is 391 g/mol. The van der Waals surface area contributed by atoms with E-state index in [2.05, 4.69) is 21.2 Å². The maximum Gasteiger partial charge on any atom is 0.407 e. The summed E-state index contributed by atoms with van der Waals surface area (Å²) in [5.74, 6) is -1.000. The van der Waals surface area contributed by atoms with Crippen LogP contribution in [0.3, 0.4) is 0 Å². The van der Waals surface area contributed by atoms with Gasteiger partial charge >= 0.3 is 12.1 Å². The number of carbonyl (C=O) groups is 2. The van der Waals surface area contributed by atoms with E-state index in [1.165, 1.54) is 0 Å². The maximum atomic E-state index is 12.0. The predicted octanol–water partition coefficient (Wildman–Crippen LogP) is 4.20. The number of alkyl carbamates (subject to hydrolysis) is 1. The molecular weight excluding hydrogens is 374 g/mol. The molecule has 0 unspecified atom stereocenters. The average Bonchev–Trinajstić information content (AvgIpc) is 2.55. The first kappa shape index (κ1) is 18.0. The minimum atomic E-state index is -1.000. The highest BCUT2D eigenvalue weighted by Gasteiger charge is 2.19. The molecule has 1 atom stereocenters. The van der Waals surface area contributed by atoms with Gasteiger partial charge in [-0.3, -0.25) is 4.79 Å². The lowest BCUT2D eigenvalue weighted by Gasteiger charge is -2.18. The number of carboxylic acid groups (broad SMARTS) is 1. The summed E-state index contributed by atoms with van der Waals surface area (Å²) in [5, 5.41) is 11.7. The van der Waals surface area contributed by atoms with Crippen molar-refractivity contribution in [3.8, 4) is 0 Å². The highest BCUT2D eigenvalue weighted by Crippen LogP contribution is 2.24. The zero-order valence-corrected chi connectivity index (χ0v) is 14.7. The van der Waals surface area contributed by atoms with Crippen LogP contribution in [0, 0.1) is 6.92 Å². The van der Waals surface area contributed by atoms with Gasteiger partial charge in [0.2, 0.25) is 0 Å². The van der Waals surface area contributed by atoms with Gasteiger partial charge in [0, 0.05) is 4.47 Å². The van der Waals surface area contributed by atoms with Crippen molar-refractivity contribution in [3.05, 3.63) is 69.7 Å². The lowest BCUT2D eigenvalue weighted by atomic mass is 10.0. The molecule has 6 heteroatoms. The van der Waals surface area contributed by atoms with Gasteiger partial charge in [0.25, 0.3) is 0 Å². The molecule has 0 aliphatic heterocycles. The van der Waals surface area contributed by atoms with Crippen molar-refractivity contribution in [1.29, 1.82) is 0 Å².